The van der Waals surface area contributed by atoms with Crippen LogP contribution < -0.4 is 9.80 Å². The quantitative estimate of drug-likeness (QED) is 0.464. The summed E-state index contributed by atoms with van der Waals surface area (Å²) >= 11 is 5.51. The van der Waals surface area contributed by atoms with Crippen molar-refractivity contribution in [2.24, 2.45) is 0 Å². The van der Waals surface area contributed by atoms with Crippen LogP contribution in [0.2, 0.25) is 0 Å². The van der Waals surface area contributed by atoms with Crippen LogP contribution in [-0.2, 0) is 17.5 Å². The first-order chi connectivity index (χ1) is 16.0. The Morgan fingerprint density at radius 3 is 2.44 bits per heavy atom. The highest BCUT2D eigenvalue weighted by Crippen LogP contribution is 2.49. The van der Waals surface area contributed by atoms with Gasteiger partial charge in [-0.1, -0.05) is 0 Å². The first-order valence-corrected chi connectivity index (χ1v) is 10.8. The van der Waals surface area contributed by atoms with E-state index in [4.69, 9.17) is 17.5 Å². The number of carbonyl (C=O) groups excluding carboxylic acids is 2. The number of hydrogen-bond acceptors (Lipinski definition) is 4. The molecule has 6 nitrogen and oxygen atoms in total. The molecule has 0 N–H and O–H groups in total. The van der Waals surface area contributed by atoms with Gasteiger partial charge in [-0.3, -0.25) is 14.5 Å². The molecule has 2 aromatic rings. The third-order valence-corrected chi connectivity index (χ3v) is 7.04. The van der Waals surface area contributed by atoms with E-state index in [1.807, 2.05) is 0 Å². The second kappa shape index (κ2) is 7.24. The van der Waals surface area contributed by atoms with Gasteiger partial charge in [0, 0.05) is 19.2 Å². The Balaban J connectivity index is 1.64. The molecule has 2 heterocycles. The molecule has 1 spiro atoms. The number of rotatable bonds is 2. The fraction of sp³-hybridized carbons (Fsp3) is 0.304. The van der Waals surface area contributed by atoms with E-state index < -0.39 is 34.6 Å². The van der Waals surface area contributed by atoms with Gasteiger partial charge < -0.3 is 9.80 Å². The molecule has 1 aliphatic carbocycles. The monoisotopic (exact) mass is 488 g/mol. The Morgan fingerprint density at radius 2 is 1.85 bits per heavy atom. The van der Waals surface area contributed by atoms with Crippen molar-refractivity contribution in [3.63, 3.8) is 0 Å². The topological polar surface area (TPSA) is 67.7 Å². The highest BCUT2D eigenvalue weighted by atomic mass is 32.1. The molecule has 2 amide bonds. The van der Waals surface area contributed by atoms with Crippen LogP contribution in [0.1, 0.15) is 46.3 Å². The summed E-state index contributed by atoms with van der Waals surface area (Å²) in [4.78, 5) is 29.7. The lowest BCUT2D eigenvalue weighted by Crippen LogP contribution is -2.55. The molecule has 2 fully saturated rings. The Bertz CT molecular complexity index is 1330. The molecule has 0 unspecified atom stereocenters. The van der Waals surface area contributed by atoms with Crippen molar-refractivity contribution in [3.05, 3.63) is 58.4 Å². The highest BCUT2D eigenvalue weighted by molar-refractivity contribution is 7.81. The second-order valence-corrected chi connectivity index (χ2v) is 8.97. The van der Waals surface area contributed by atoms with E-state index in [1.54, 1.807) is 7.05 Å². The average molecular weight is 488 g/mol. The molecule has 174 valence electrons. The number of alkyl halides is 3. The molecule has 2 aliphatic heterocycles. The normalized spacial score (nSPS) is 19.1. The van der Waals surface area contributed by atoms with Crippen LogP contribution in [0.15, 0.2) is 30.3 Å². The minimum absolute atomic E-state index is 0.0624. The molecular weight excluding hydrogens is 472 g/mol. The van der Waals surface area contributed by atoms with E-state index in [-0.39, 0.29) is 28.9 Å². The lowest BCUT2D eigenvalue weighted by atomic mass is 9.75. The van der Waals surface area contributed by atoms with Gasteiger partial charge in [0.15, 0.2) is 5.11 Å². The minimum atomic E-state index is -4.82. The van der Waals surface area contributed by atoms with Gasteiger partial charge in [0.2, 0.25) is 0 Å². The molecule has 3 aliphatic rings. The summed E-state index contributed by atoms with van der Waals surface area (Å²) in [6, 6.07) is 7.00. The van der Waals surface area contributed by atoms with Crippen molar-refractivity contribution in [1.29, 1.82) is 5.26 Å². The number of fused-ring (bicyclic) bond motifs is 1. The van der Waals surface area contributed by atoms with Gasteiger partial charge in [-0.25, -0.2) is 4.39 Å². The summed E-state index contributed by atoms with van der Waals surface area (Å²) in [7, 11) is 1.59. The van der Waals surface area contributed by atoms with Crippen molar-refractivity contribution >= 4 is 40.5 Å². The third kappa shape index (κ3) is 2.94. The Labute approximate surface area is 197 Å². The summed E-state index contributed by atoms with van der Waals surface area (Å²) in [6.45, 7) is 0.247. The van der Waals surface area contributed by atoms with E-state index in [2.05, 4.69) is 0 Å². The van der Waals surface area contributed by atoms with Crippen molar-refractivity contribution in [3.8, 4) is 6.07 Å². The molecule has 0 aromatic heterocycles. The molecule has 1 saturated heterocycles. The van der Waals surface area contributed by atoms with E-state index in [0.717, 1.165) is 11.0 Å². The smallest absolute Gasteiger partial charge is 0.337 e. The molecular formula is C23H16F4N4O2S. The van der Waals surface area contributed by atoms with E-state index in [1.165, 1.54) is 34.1 Å². The second-order valence-electron chi connectivity index (χ2n) is 8.61. The number of benzene rings is 2. The Morgan fingerprint density at radius 1 is 1.15 bits per heavy atom. The van der Waals surface area contributed by atoms with Gasteiger partial charge in [-0.2, -0.15) is 18.4 Å². The number of nitriles is 1. The average Bonchev–Trinajstić information content (AvgIpc) is 3.15. The van der Waals surface area contributed by atoms with Crippen molar-refractivity contribution in [2.75, 3.05) is 16.8 Å². The van der Waals surface area contributed by atoms with Gasteiger partial charge in [0.05, 0.1) is 28.6 Å². The van der Waals surface area contributed by atoms with Gasteiger partial charge in [-0.15, -0.1) is 0 Å². The van der Waals surface area contributed by atoms with Gasteiger partial charge in [-0.05, 0) is 67.4 Å². The first kappa shape index (κ1) is 22.3. The molecule has 0 atom stereocenters. The molecule has 0 bridgehead atoms. The minimum Gasteiger partial charge on any atom is -0.337 e. The fourth-order valence-electron chi connectivity index (χ4n) is 4.82. The van der Waals surface area contributed by atoms with Crippen LogP contribution in [0.25, 0.3) is 0 Å². The predicted octanol–water partition coefficient (Wildman–Crippen LogP) is 4.36. The third-order valence-electron chi connectivity index (χ3n) is 6.68. The van der Waals surface area contributed by atoms with Gasteiger partial charge in [0.1, 0.15) is 11.4 Å². The lowest BCUT2D eigenvalue weighted by Gasteiger charge is -2.43. The zero-order valence-corrected chi connectivity index (χ0v) is 18.6. The van der Waals surface area contributed by atoms with Crippen molar-refractivity contribution in [2.45, 2.75) is 37.5 Å². The largest absolute Gasteiger partial charge is 0.417 e. The first-order valence-electron chi connectivity index (χ1n) is 10.4. The number of halogens is 4. The number of anilines is 2. The van der Waals surface area contributed by atoms with Crippen LogP contribution >= 0.6 is 12.2 Å². The Hall–Kier alpha value is -3.52. The number of carbonyl (C=O) groups is 2. The summed E-state index contributed by atoms with van der Waals surface area (Å²) < 4.78 is 55.9. The molecule has 34 heavy (non-hydrogen) atoms. The number of nitrogens with zero attached hydrogens (tertiary/aromatic N) is 4. The summed E-state index contributed by atoms with van der Waals surface area (Å²) in [5.74, 6) is -1.54. The molecule has 11 heteroatoms. The number of thiocarbonyl (C=S) groups is 1. The van der Waals surface area contributed by atoms with Crippen LogP contribution in [0, 0.1) is 17.1 Å². The van der Waals surface area contributed by atoms with E-state index in [9.17, 15) is 22.8 Å². The zero-order valence-electron chi connectivity index (χ0n) is 17.7. The van der Waals surface area contributed by atoms with E-state index >= 15 is 4.39 Å². The molecule has 1 saturated carbocycles. The molecule has 2 aromatic carbocycles. The fourth-order valence-corrected chi connectivity index (χ4v) is 5.29. The van der Waals surface area contributed by atoms with Crippen molar-refractivity contribution < 1.29 is 27.2 Å². The number of hydrogen-bond donors (Lipinski definition) is 0. The summed E-state index contributed by atoms with van der Waals surface area (Å²) in [6.07, 6.45) is -3.52. The van der Waals surface area contributed by atoms with Crippen LogP contribution in [0.3, 0.4) is 0 Å². The maximum Gasteiger partial charge on any atom is 0.417 e. The number of amides is 2. The SMILES string of the molecule is CN1Cc2cc(F)c(N3C(=S)N(c4ccc(C#N)c(C(F)(F)F)c4)C(=O)C34CCC4)cc2C1=O. The maximum atomic E-state index is 15.3. The van der Waals surface area contributed by atoms with Crippen LogP contribution in [0.4, 0.5) is 28.9 Å². The lowest BCUT2D eigenvalue weighted by molar-refractivity contribution is -0.137. The highest BCUT2D eigenvalue weighted by Gasteiger charge is 2.60. The van der Waals surface area contributed by atoms with Crippen molar-refractivity contribution in [1.82, 2.24) is 4.90 Å². The standard InChI is InChI=1S/C23H16F4N4O2S/c1-29-11-13-7-17(24)18(9-15(13)19(29)32)31-21(34)30(20(33)22(31)5-2-6-22)14-4-3-12(10-28)16(8-14)23(25,26)27/h3-4,7-9H,2,5-6,11H2,1H3. The Kier molecular flexibility index (Phi) is 4.74. The van der Waals surface area contributed by atoms with Gasteiger partial charge in [0.25, 0.3) is 11.8 Å². The van der Waals surface area contributed by atoms with Crippen LogP contribution in [-0.4, -0.2) is 34.4 Å². The summed E-state index contributed by atoms with van der Waals surface area (Å²) in [5.41, 5.74) is -2.45. The molecule has 5 rings (SSSR count). The molecule has 0 radical (unpaired) electrons. The maximum absolute atomic E-state index is 15.3. The summed E-state index contributed by atoms with van der Waals surface area (Å²) in [5, 5.41) is 8.89. The van der Waals surface area contributed by atoms with Crippen LogP contribution in [0.5, 0.6) is 0 Å². The predicted molar refractivity (Wildman–Crippen MR) is 118 cm³/mol. The zero-order chi connectivity index (χ0) is 24.6. The van der Waals surface area contributed by atoms with Gasteiger partial charge >= 0.3 is 6.18 Å². The van der Waals surface area contributed by atoms with E-state index in [0.29, 0.717) is 36.5 Å².